The zero-order valence-electron chi connectivity index (χ0n) is 9.85. The molecule has 1 heterocycles. The number of aromatic nitrogens is 1. The second kappa shape index (κ2) is 6.00. The molecule has 15 heavy (non-hydrogen) atoms. The van der Waals surface area contributed by atoms with E-state index in [1.54, 1.807) is 11.3 Å². The lowest BCUT2D eigenvalue weighted by Crippen LogP contribution is -2.22. The van der Waals surface area contributed by atoms with E-state index in [1.807, 2.05) is 5.51 Å². The fraction of sp³-hybridized carbons (Fsp3) is 0.750. The third-order valence-corrected chi connectivity index (χ3v) is 4.53. The zero-order chi connectivity index (χ0) is 11.3. The summed E-state index contributed by atoms with van der Waals surface area (Å²) < 4.78 is 1.22. The van der Waals surface area contributed by atoms with Crippen molar-refractivity contribution < 1.29 is 0 Å². The van der Waals surface area contributed by atoms with Crippen LogP contribution in [0.3, 0.4) is 0 Å². The highest BCUT2D eigenvalue weighted by atomic mass is 79.9. The summed E-state index contributed by atoms with van der Waals surface area (Å²) in [5.41, 5.74) is 3.48. The lowest BCUT2D eigenvalue weighted by molar-refractivity contribution is 0.373. The van der Waals surface area contributed by atoms with Gasteiger partial charge in [0.2, 0.25) is 0 Å². The fourth-order valence-electron chi connectivity index (χ4n) is 2.11. The summed E-state index contributed by atoms with van der Waals surface area (Å²) in [6.07, 6.45) is 6.26. The zero-order valence-corrected chi connectivity index (χ0v) is 12.2. The first kappa shape index (κ1) is 13.2. The van der Waals surface area contributed by atoms with Crippen molar-refractivity contribution >= 4 is 27.3 Å². The van der Waals surface area contributed by atoms with Crippen molar-refractivity contribution in [2.24, 2.45) is 0 Å². The number of hydrogen-bond donors (Lipinski definition) is 0. The molecule has 1 unspecified atom stereocenters. The minimum absolute atomic E-state index is 0.267. The van der Waals surface area contributed by atoms with E-state index in [9.17, 15) is 0 Å². The Morgan fingerprint density at radius 1 is 1.33 bits per heavy atom. The van der Waals surface area contributed by atoms with Crippen LogP contribution >= 0.6 is 27.3 Å². The van der Waals surface area contributed by atoms with Crippen LogP contribution in [-0.4, -0.2) is 4.98 Å². The van der Waals surface area contributed by atoms with Gasteiger partial charge in [-0.25, -0.2) is 4.98 Å². The second-order valence-corrected chi connectivity index (χ2v) is 6.56. The van der Waals surface area contributed by atoms with Gasteiger partial charge in [-0.2, -0.15) is 0 Å². The van der Waals surface area contributed by atoms with Gasteiger partial charge in [-0.05, 0) is 28.8 Å². The van der Waals surface area contributed by atoms with E-state index in [-0.39, 0.29) is 5.41 Å². The van der Waals surface area contributed by atoms with Crippen molar-refractivity contribution in [1.82, 2.24) is 4.98 Å². The first-order chi connectivity index (χ1) is 7.14. The average molecular weight is 290 g/mol. The summed E-state index contributed by atoms with van der Waals surface area (Å²) in [7, 11) is 0. The van der Waals surface area contributed by atoms with Crippen LogP contribution in [0.25, 0.3) is 0 Å². The van der Waals surface area contributed by atoms with Gasteiger partial charge in [-0.3, -0.25) is 0 Å². The smallest absolute Gasteiger partial charge is 0.0934 e. The van der Waals surface area contributed by atoms with Gasteiger partial charge < -0.3 is 0 Å². The largest absolute Gasteiger partial charge is 0.248 e. The van der Waals surface area contributed by atoms with Crippen LogP contribution in [0.4, 0.5) is 0 Å². The van der Waals surface area contributed by atoms with E-state index < -0.39 is 0 Å². The van der Waals surface area contributed by atoms with Crippen LogP contribution in [0.1, 0.15) is 58.6 Å². The normalized spacial score (nSPS) is 15.2. The lowest BCUT2D eigenvalue weighted by Gasteiger charge is -2.28. The molecule has 86 valence electrons. The molecule has 0 aliphatic carbocycles. The molecule has 1 atom stereocenters. The first-order valence-corrected chi connectivity index (χ1v) is 7.40. The van der Waals surface area contributed by atoms with Gasteiger partial charge in [0.05, 0.1) is 15.0 Å². The molecule has 3 heteroatoms. The van der Waals surface area contributed by atoms with Gasteiger partial charge in [-0.15, -0.1) is 11.3 Å². The van der Waals surface area contributed by atoms with Crippen LogP contribution in [0.5, 0.6) is 0 Å². The highest BCUT2D eigenvalue weighted by molar-refractivity contribution is 9.11. The summed E-state index contributed by atoms with van der Waals surface area (Å²) >= 11 is 5.32. The number of unbranched alkanes of at least 4 members (excludes halogenated alkanes) is 1. The summed E-state index contributed by atoms with van der Waals surface area (Å²) in [4.78, 5) is 4.53. The molecule has 1 aromatic rings. The lowest BCUT2D eigenvalue weighted by atomic mass is 9.78. The van der Waals surface area contributed by atoms with Gasteiger partial charge in [0.1, 0.15) is 0 Å². The molecule has 0 N–H and O–H groups in total. The van der Waals surface area contributed by atoms with Gasteiger partial charge in [0, 0.05) is 5.41 Å². The van der Waals surface area contributed by atoms with E-state index in [0.717, 1.165) is 0 Å². The predicted octanol–water partition coefficient (Wildman–Crippen LogP) is 5.15. The maximum absolute atomic E-state index is 4.53. The molecule has 0 aliphatic rings. The Hall–Kier alpha value is 0.110. The summed E-state index contributed by atoms with van der Waals surface area (Å²) in [6.45, 7) is 6.86. The Balaban J connectivity index is 2.85. The SMILES string of the molecule is CCCCC(C)(CCC)c1ncsc1Br. The Morgan fingerprint density at radius 2 is 2.07 bits per heavy atom. The van der Waals surface area contributed by atoms with E-state index in [4.69, 9.17) is 0 Å². The third-order valence-electron chi connectivity index (χ3n) is 2.98. The molecule has 0 fully saturated rings. The molecule has 0 aliphatic heterocycles. The Bertz CT molecular complexity index is 298. The molecule has 0 saturated carbocycles. The number of hydrogen-bond acceptors (Lipinski definition) is 2. The first-order valence-electron chi connectivity index (χ1n) is 5.73. The number of halogens is 1. The Kier molecular flexibility index (Phi) is 5.27. The van der Waals surface area contributed by atoms with Gasteiger partial charge >= 0.3 is 0 Å². The topological polar surface area (TPSA) is 12.9 Å². The molecule has 0 saturated heterocycles. The van der Waals surface area contributed by atoms with Crippen molar-refractivity contribution in [3.63, 3.8) is 0 Å². The van der Waals surface area contributed by atoms with Crippen LogP contribution in [0.2, 0.25) is 0 Å². The van der Waals surface area contributed by atoms with Crippen LogP contribution < -0.4 is 0 Å². The Morgan fingerprint density at radius 3 is 2.53 bits per heavy atom. The van der Waals surface area contributed by atoms with Crippen molar-refractivity contribution in [2.75, 3.05) is 0 Å². The standard InChI is InChI=1S/C12H20BrNS/c1-4-6-8-12(3,7-5-2)10-11(13)15-9-14-10/h9H,4-8H2,1-3H3. The molecule has 1 nitrogen and oxygen atoms in total. The third kappa shape index (κ3) is 3.28. The quantitative estimate of drug-likeness (QED) is 0.705. The molecule has 0 radical (unpaired) electrons. The second-order valence-electron chi connectivity index (χ2n) is 4.39. The van der Waals surface area contributed by atoms with Crippen molar-refractivity contribution in [3.8, 4) is 0 Å². The van der Waals surface area contributed by atoms with Crippen LogP contribution in [0, 0.1) is 0 Å². The Labute approximate surface area is 105 Å². The molecular weight excluding hydrogens is 270 g/mol. The molecule has 0 bridgehead atoms. The fourth-order valence-corrected chi connectivity index (χ4v) is 3.60. The minimum atomic E-state index is 0.267. The average Bonchev–Trinajstić information content (AvgIpc) is 2.62. The van der Waals surface area contributed by atoms with Gasteiger partial charge in [0.25, 0.3) is 0 Å². The van der Waals surface area contributed by atoms with Crippen LogP contribution in [0.15, 0.2) is 9.30 Å². The minimum Gasteiger partial charge on any atom is -0.248 e. The molecule has 0 spiro atoms. The van der Waals surface area contributed by atoms with Crippen LogP contribution in [-0.2, 0) is 5.41 Å². The van der Waals surface area contributed by atoms with E-state index >= 15 is 0 Å². The maximum atomic E-state index is 4.53. The number of thiazole rings is 1. The van der Waals surface area contributed by atoms with E-state index in [2.05, 4.69) is 41.7 Å². The van der Waals surface area contributed by atoms with Gasteiger partial charge in [-0.1, -0.05) is 40.0 Å². The monoisotopic (exact) mass is 289 g/mol. The summed E-state index contributed by atoms with van der Waals surface area (Å²) in [5, 5.41) is 0. The van der Waals surface area contributed by atoms with Crippen molar-refractivity contribution in [1.29, 1.82) is 0 Å². The number of nitrogens with zero attached hydrogens (tertiary/aromatic N) is 1. The highest BCUT2D eigenvalue weighted by Crippen LogP contribution is 2.38. The van der Waals surface area contributed by atoms with Crippen molar-refractivity contribution in [3.05, 3.63) is 15.0 Å². The van der Waals surface area contributed by atoms with E-state index in [1.165, 1.54) is 41.6 Å². The number of rotatable bonds is 6. The summed E-state index contributed by atoms with van der Waals surface area (Å²) in [6, 6.07) is 0. The molecule has 1 aromatic heterocycles. The molecular formula is C12H20BrNS. The van der Waals surface area contributed by atoms with E-state index in [0.29, 0.717) is 0 Å². The highest BCUT2D eigenvalue weighted by Gasteiger charge is 2.29. The summed E-state index contributed by atoms with van der Waals surface area (Å²) in [5.74, 6) is 0. The molecule has 0 amide bonds. The molecule has 1 rings (SSSR count). The van der Waals surface area contributed by atoms with Crippen molar-refractivity contribution in [2.45, 2.75) is 58.3 Å². The predicted molar refractivity (Wildman–Crippen MR) is 71.6 cm³/mol. The van der Waals surface area contributed by atoms with Gasteiger partial charge in [0.15, 0.2) is 0 Å². The molecule has 0 aromatic carbocycles. The maximum Gasteiger partial charge on any atom is 0.0934 e.